The molecule has 0 bridgehead atoms. The molecular weight excluding hydrogens is 279 g/mol. The Kier molecular flexibility index (Phi) is 2.93. The summed E-state index contributed by atoms with van der Waals surface area (Å²) in [5, 5.41) is 4.60. The van der Waals surface area contributed by atoms with Gasteiger partial charge < -0.3 is 10.1 Å². The van der Waals surface area contributed by atoms with Gasteiger partial charge in [0.05, 0.1) is 12.2 Å². The molecule has 21 heavy (non-hydrogen) atoms. The van der Waals surface area contributed by atoms with Crippen LogP contribution in [0, 0.1) is 5.82 Å². The molecule has 6 nitrogen and oxygen atoms in total. The Morgan fingerprint density at radius 2 is 2.19 bits per heavy atom. The lowest BCUT2D eigenvalue weighted by molar-refractivity contribution is -0.124. The molecule has 7 heteroatoms. The van der Waals surface area contributed by atoms with Crippen LogP contribution in [0.4, 0.5) is 9.18 Å². The molecule has 1 aliphatic heterocycles. The standard InChI is InChI=1S/C14H13FN2O4/c1-2-21-11(18)8-3-4-9(15)10-7(8)5-6-14(10)12(19)16-13(20)17-14/h3-4H,2,5-6H2,1H3,(H2,16,17,19,20). The third-order valence-electron chi connectivity index (χ3n) is 3.88. The van der Waals surface area contributed by atoms with Gasteiger partial charge in [-0.2, -0.15) is 0 Å². The highest BCUT2D eigenvalue weighted by Crippen LogP contribution is 2.42. The van der Waals surface area contributed by atoms with E-state index in [9.17, 15) is 18.8 Å². The number of rotatable bonds is 2. The van der Waals surface area contributed by atoms with Crippen molar-refractivity contribution in [2.24, 2.45) is 0 Å². The second kappa shape index (κ2) is 4.54. The van der Waals surface area contributed by atoms with E-state index in [1.807, 2.05) is 0 Å². The number of urea groups is 1. The van der Waals surface area contributed by atoms with Gasteiger partial charge in [-0.1, -0.05) is 0 Å². The summed E-state index contributed by atoms with van der Waals surface area (Å²) in [7, 11) is 0. The molecule has 1 aromatic carbocycles. The number of imide groups is 1. The molecule has 1 aliphatic carbocycles. The van der Waals surface area contributed by atoms with Gasteiger partial charge >= 0.3 is 12.0 Å². The molecule has 0 radical (unpaired) electrons. The Morgan fingerprint density at radius 3 is 2.81 bits per heavy atom. The van der Waals surface area contributed by atoms with E-state index < -0.39 is 29.3 Å². The van der Waals surface area contributed by atoms with Gasteiger partial charge in [0.2, 0.25) is 0 Å². The lowest BCUT2D eigenvalue weighted by Crippen LogP contribution is -2.42. The van der Waals surface area contributed by atoms with Crippen LogP contribution in [0.2, 0.25) is 0 Å². The van der Waals surface area contributed by atoms with Crippen LogP contribution >= 0.6 is 0 Å². The summed E-state index contributed by atoms with van der Waals surface area (Å²) in [6.45, 7) is 1.88. The maximum absolute atomic E-state index is 14.2. The van der Waals surface area contributed by atoms with Crippen molar-refractivity contribution in [2.75, 3.05) is 6.61 Å². The molecule has 1 heterocycles. The Morgan fingerprint density at radius 1 is 1.43 bits per heavy atom. The first-order chi connectivity index (χ1) is 9.99. The zero-order valence-corrected chi connectivity index (χ0v) is 11.3. The van der Waals surface area contributed by atoms with Crippen molar-refractivity contribution in [1.29, 1.82) is 0 Å². The number of ether oxygens (including phenoxy) is 1. The van der Waals surface area contributed by atoms with Crippen LogP contribution in [0.25, 0.3) is 0 Å². The topological polar surface area (TPSA) is 84.5 Å². The molecule has 0 aromatic heterocycles. The van der Waals surface area contributed by atoms with Crippen molar-refractivity contribution in [3.63, 3.8) is 0 Å². The quantitative estimate of drug-likeness (QED) is 0.628. The molecule has 2 N–H and O–H groups in total. The van der Waals surface area contributed by atoms with E-state index in [4.69, 9.17) is 4.74 Å². The van der Waals surface area contributed by atoms with Crippen molar-refractivity contribution in [2.45, 2.75) is 25.3 Å². The average molecular weight is 292 g/mol. The summed E-state index contributed by atoms with van der Waals surface area (Å²) in [6, 6.07) is 1.81. The van der Waals surface area contributed by atoms with Gasteiger partial charge in [-0.3, -0.25) is 10.1 Å². The fraction of sp³-hybridized carbons (Fsp3) is 0.357. The number of amides is 3. The lowest BCUT2D eigenvalue weighted by atomic mass is 9.90. The lowest BCUT2D eigenvalue weighted by Gasteiger charge is -2.21. The fourth-order valence-electron chi connectivity index (χ4n) is 3.02. The van der Waals surface area contributed by atoms with Crippen LogP contribution in [-0.2, 0) is 21.5 Å². The maximum Gasteiger partial charge on any atom is 0.338 e. The number of carbonyl (C=O) groups excluding carboxylic acids is 3. The Labute approximate surface area is 119 Å². The van der Waals surface area contributed by atoms with E-state index >= 15 is 0 Å². The molecule has 0 saturated carbocycles. The third-order valence-corrected chi connectivity index (χ3v) is 3.88. The number of carbonyl (C=O) groups is 3. The predicted octanol–water partition coefficient (Wildman–Crippen LogP) is 0.983. The minimum atomic E-state index is -1.42. The van der Waals surface area contributed by atoms with Crippen molar-refractivity contribution in [3.8, 4) is 0 Å². The zero-order chi connectivity index (χ0) is 15.2. The van der Waals surface area contributed by atoms with E-state index in [-0.39, 0.29) is 24.2 Å². The van der Waals surface area contributed by atoms with Crippen molar-refractivity contribution >= 4 is 17.9 Å². The SMILES string of the molecule is CCOC(=O)c1ccc(F)c2c1CCC21NC(=O)NC1=O. The minimum Gasteiger partial charge on any atom is -0.462 e. The summed E-state index contributed by atoms with van der Waals surface area (Å²) in [5.74, 6) is -1.77. The smallest absolute Gasteiger partial charge is 0.338 e. The molecular formula is C14H13FN2O4. The monoisotopic (exact) mass is 292 g/mol. The molecule has 1 fully saturated rings. The Bertz CT molecular complexity index is 673. The van der Waals surface area contributed by atoms with E-state index in [1.54, 1.807) is 6.92 Å². The molecule has 1 spiro atoms. The molecule has 110 valence electrons. The molecule has 1 saturated heterocycles. The van der Waals surface area contributed by atoms with Gasteiger partial charge in [-0.25, -0.2) is 14.0 Å². The first-order valence-electron chi connectivity index (χ1n) is 6.62. The molecule has 3 amide bonds. The zero-order valence-electron chi connectivity index (χ0n) is 11.3. The van der Waals surface area contributed by atoms with E-state index in [0.29, 0.717) is 12.0 Å². The number of halogens is 1. The second-order valence-electron chi connectivity index (χ2n) is 4.98. The first-order valence-corrected chi connectivity index (χ1v) is 6.62. The number of esters is 1. The highest BCUT2D eigenvalue weighted by molar-refractivity contribution is 6.08. The summed E-state index contributed by atoms with van der Waals surface area (Å²) in [5.41, 5.74) is -0.694. The predicted molar refractivity (Wildman–Crippen MR) is 69.0 cm³/mol. The van der Waals surface area contributed by atoms with Gasteiger partial charge in [-0.05, 0) is 37.5 Å². The van der Waals surface area contributed by atoms with Crippen molar-refractivity contribution < 1.29 is 23.5 Å². The third kappa shape index (κ3) is 1.80. The van der Waals surface area contributed by atoms with Crippen LogP contribution in [0.1, 0.15) is 34.8 Å². The summed E-state index contributed by atoms with van der Waals surface area (Å²) in [6.07, 6.45) is 0.530. The van der Waals surface area contributed by atoms with Crippen LogP contribution in [0.5, 0.6) is 0 Å². The van der Waals surface area contributed by atoms with Crippen molar-refractivity contribution in [1.82, 2.24) is 10.6 Å². The summed E-state index contributed by atoms with van der Waals surface area (Å²) >= 11 is 0. The Hall–Kier alpha value is -2.44. The number of benzene rings is 1. The summed E-state index contributed by atoms with van der Waals surface area (Å²) in [4.78, 5) is 35.4. The van der Waals surface area contributed by atoms with Crippen LogP contribution in [0.3, 0.4) is 0 Å². The van der Waals surface area contributed by atoms with Gasteiger partial charge in [0.1, 0.15) is 11.4 Å². The molecule has 1 unspecified atom stereocenters. The minimum absolute atomic E-state index is 0.0661. The van der Waals surface area contributed by atoms with Crippen LogP contribution in [0.15, 0.2) is 12.1 Å². The van der Waals surface area contributed by atoms with Crippen LogP contribution < -0.4 is 10.6 Å². The van der Waals surface area contributed by atoms with E-state index in [2.05, 4.69) is 10.6 Å². The molecule has 1 aromatic rings. The number of hydrogen-bond donors (Lipinski definition) is 2. The normalized spacial score (nSPS) is 23.0. The maximum atomic E-state index is 14.2. The molecule has 2 aliphatic rings. The first kappa shape index (κ1) is 13.5. The van der Waals surface area contributed by atoms with Gasteiger partial charge in [0, 0.05) is 5.56 Å². The number of nitrogens with one attached hydrogen (secondary N) is 2. The van der Waals surface area contributed by atoms with Gasteiger partial charge in [-0.15, -0.1) is 0 Å². The van der Waals surface area contributed by atoms with Crippen molar-refractivity contribution in [3.05, 3.63) is 34.6 Å². The highest BCUT2D eigenvalue weighted by atomic mass is 19.1. The number of fused-ring (bicyclic) bond motifs is 2. The van der Waals surface area contributed by atoms with Crippen LogP contribution in [-0.4, -0.2) is 24.5 Å². The van der Waals surface area contributed by atoms with E-state index in [0.717, 1.165) is 6.07 Å². The fourth-order valence-corrected chi connectivity index (χ4v) is 3.02. The average Bonchev–Trinajstić information content (AvgIpc) is 2.93. The molecule has 1 atom stereocenters. The highest BCUT2D eigenvalue weighted by Gasteiger charge is 2.53. The largest absolute Gasteiger partial charge is 0.462 e. The summed E-state index contributed by atoms with van der Waals surface area (Å²) < 4.78 is 19.2. The van der Waals surface area contributed by atoms with Gasteiger partial charge in [0.25, 0.3) is 5.91 Å². The molecule has 3 rings (SSSR count). The Balaban J connectivity index is 2.15. The van der Waals surface area contributed by atoms with E-state index in [1.165, 1.54) is 6.07 Å². The van der Waals surface area contributed by atoms with Gasteiger partial charge in [0.15, 0.2) is 0 Å². The number of hydrogen-bond acceptors (Lipinski definition) is 4. The second-order valence-corrected chi connectivity index (χ2v) is 4.98.